The summed E-state index contributed by atoms with van der Waals surface area (Å²) in [6, 6.07) is 0.472. The lowest BCUT2D eigenvalue weighted by Crippen LogP contribution is -2.43. The molecule has 100 valence electrons. The van der Waals surface area contributed by atoms with Crippen LogP contribution in [0.15, 0.2) is 0 Å². The van der Waals surface area contributed by atoms with Crippen molar-refractivity contribution in [1.29, 1.82) is 0 Å². The molecule has 0 aliphatic heterocycles. The second kappa shape index (κ2) is 5.24. The molecule has 0 saturated heterocycles. The van der Waals surface area contributed by atoms with Crippen molar-refractivity contribution >= 4 is 23.0 Å². The molecule has 3 N–H and O–H groups in total. The highest BCUT2D eigenvalue weighted by molar-refractivity contribution is 7.80. The Kier molecular flexibility index (Phi) is 3.87. The minimum Gasteiger partial charge on any atom is -0.395 e. The average molecular weight is 268 g/mol. The standard InChI is InChI=1S/C12H20N4OS/c1-8-10(11(13)18)12(15(2)14-8)16(6-7-17)9-4-3-5-9/h9,17H,3-7H2,1-2H3,(H2,13,18). The first-order valence-electron chi connectivity index (χ1n) is 6.27. The van der Waals surface area contributed by atoms with E-state index in [1.165, 1.54) is 6.42 Å². The van der Waals surface area contributed by atoms with Gasteiger partial charge in [0.15, 0.2) is 0 Å². The minimum absolute atomic E-state index is 0.123. The topological polar surface area (TPSA) is 67.3 Å². The molecular weight excluding hydrogens is 248 g/mol. The summed E-state index contributed by atoms with van der Waals surface area (Å²) >= 11 is 5.13. The molecule has 0 aromatic carbocycles. The number of thiocarbonyl (C=S) groups is 1. The third-order valence-electron chi connectivity index (χ3n) is 3.57. The lowest BCUT2D eigenvalue weighted by Gasteiger charge is -2.39. The SMILES string of the molecule is Cc1nn(C)c(N(CCO)C2CCC2)c1C(N)=S. The Labute approximate surface area is 113 Å². The molecule has 1 fully saturated rings. The van der Waals surface area contributed by atoms with E-state index >= 15 is 0 Å². The van der Waals surface area contributed by atoms with Gasteiger partial charge in [0.25, 0.3) is 0 Å². The molecule has 0 atom stereocenters. The van der Waals surface area contributed by atoms with Gasteiger partial charge in [0, 0.05) is 19.6 Å². The number of aliphatic hydroxyl groups excluding tert-OH is 1. The number of hydrogen-bond acceptors (Lipinski definition) is 4. The van der Waals surface area contributed by atoms with Gasteiger partial charge in [0.05, 0.1) is 17.9 Å². The van der Waals surface area contributed by atoms with E-state index in [1.807, 2.05) is 18.7 Å². The van der Waals surface area contributed by atoms with Crippen LogP contribution in [0.5, 0.6) is 0 Å². The van der Waals surface area contributed by atoms with E-state index in [9.17, 15) is 5.11 Å². The van der Waals surface area contributed by atoms with Crippen molar-refractivity contribution in [3.63, 3.8) is 0 Å². The van der Waals surface area contributed by atoms with Crippen LogP contribution in [0.25, 0.3) is 0 Å². The van der Waals surface area contributed by atoms with E-state index in [4.69, 9.17) is 18.0 Å². The van der Waals surface area contributed by atoms with Crippen LogP contribution in [-0.4, -0.2) is 39.1 Å². The maximum absolute atomic E-state index is 9.26. The molecule has 6 heteroatoms. The molecule has 1 aromatic rings. The predicted molar refractivity (Wildman–Crippen MR) is 75.9 cm³/mol. The fourth-order valence-corrected chi connectivity index (χ4v) is 2.77. The Morgan fingerprint density at radius 2 is 2.28 bits per heavy atom. The number of aromatic nitrogens is 2. The van der Waals surface area contributed by atoms with Gasteiger partial charge in [-0.15, -0.1) is 0 Å². The van der Waals surface area contributed by atoms with Crippen LogP contribution in [0.3, 0.4) is 0 Å². The summed E-state index contributed by atoms with van der Waals surface area (Å²) in [4.78, 5) is 2.57. The smallest absolute Gasteiger partial charge is 0.137 e. The highest BCUT2D eigenvalue weighted by Gasteiger charge is 2.30. The molecule has 0 amide bonds. The van der Waals surface area contributed by atoms with E-state index in [0.717, 1.165) is 29.9 Å². The van der Waals surface area contributed by atoms with Crippen molar-refractivity contribution in [3.8, 4) is 0 Å². The Hall–Kier alpha value is -1.14. The largest absolute Gasteiger partial charge is 0.395 e. The summed E-state index contributed by atoms with van der Waals surface area (Å²) in [6.07, 6.45) is 3.55. The normalized spacial score (nSPS) is 15.5. The van der Waals surface area contributed by atoms with E-state index in [-0.39, 0.29) is 6.61 Å². The maximum atomic E-state index is 9.26. The molecule has 2 rings (SSSR count). The van der Waals surface area contributed by atoms with Gasteiger partial charge in [-0.3, -0.25) is 4.68 Å². The number of nitrogens with two attached hydrogens (primary N) is 1. The van der Waals surface area contributed by atoms with Gasteiger partial charge in [-0.05, 0) is 26.2 Å². The highest BCUT2D eigenvalue weighted by Crippen LogP contribution is 2.32. The van der Waals surface area contributed by atoms with Crippen molar-refractivity contribution in [2.24, 2.45) is 12.8 Å². The first-order valence-corrected chi connectivity index (χ1v) is 6.68. The molecule has 0 spiro atoms. The summed E-state index contributed by atoms with van der Waals surface area (Å²) in [5.41, 5.74) is 7.50. The molecule has 0 unspecified atom stereocenters. The number of aryl methyl sites for hydroxylation is 2. The summed E-state index contributed by atoms with van der Waals surface area (Å²) in [5.74, 6) is 0.943. The van der Waals surface area contributed by atoms with Crippen LogP contribution in [0.2, 0.25) is 0 Å². The number of rotatable bonds is 5. The average Bonchev–Trinajstić information content (AvgIpc) is 2.50. The van der Waals surface area contributed by atoms with E-state index in [1.54, 1.807) is 0 Å². The van der Waals surface area contributed by atoms with Crippen molar-refractivity contribution in [1.82, 2.24) is 9.78 Å². The zero-order chi connectivity index (χ0) is 13.3. The van der Waals surface area contributed by atoms with Gasteiger partial charge >= 0.3 is 0 Å². The Morgan fingerprint density at radius 3 is 2.72 bits per heavy atom. The molecule has 1 heterocycles. The second-order valence-electron chi connectivity index (χ2n) is 4.77. The molecule has 1 aliphatic rings. The summed E-state index contributed by atoms with van der Waals surface area (Å²) < 4.78 is 1.82. The Bertz CT molecular complexity index is 453. The number of nitrogens with zero attached hydrogens (tertiary/aromatic N) is 3. The monoisotopic (exact) mass is 268 g/mol. The van der Waals surface area contributed by atoms with Crippen LogP contribution in [-0.2, 0) is 7.05 Å². The van der Waals surface area contributed by atoms with Crippen molar-refractivity contribution < 1.29 is 5.11 Å². The van der Waals surface area contributed by atoms with E-state index in [2.05, 4.69) is 10.00 Å². The Morgan fingerprint density at radius 1 is 1.61 bits per heavy atom. The van der Waals surface area contributed by atoms with Crippen molar-refractivity contribution in [2.45, 2.75) is 32.2 Å². The van der Waals surface area contributed by atoms with E-state index in [0.29, 0.717) is 17.6 Å². The van der Waals surface area contributed by atoms with Gasteiger partial charge in [-0.1, -0.05) is 12.2 Å². The molecule has 1 aromatic heterocycles. The molecule has 18 heavy (non-hydrogen) atoms. The van der Waals surface area contributed by atoms with E-state index < -0.39 is 0 Å². The zero-order valence-corrected chi connectivity index (χ0v) is 11.7. The van der Waals surface area contributed by atoms with Crippen LogP contribution in [0.4, 0.5) is 5.82 Å². The predicted octanol–water partition coefficient (Wildman–Crippen LogP) is 0.714. The van der Waals surface area contributed by atoms with Crippen LogP contribution >= 0.6 is 12.2 Å². The quantitative estimate of drug-likeness (QED) is 0.770. The number of anilines is 1. The highest BCUT2D eigenvalue weighted by atomic mass is 32.1. The first-order chi connectivity index (χ1) is 8.56. The first kappa shape index (κ1) is 13.3. The fraction of sp³-hybridized carbons (Fsp3) is 0.667. The lowest BCUT2D eigenvalue weighted by atomic mass is 9.91. The molecule has 1 saturated carbocycles. The molecule has 0 radical (unpaired) electrons. The fourth-order valence-electron chi connectivity index (χ4n) is 2.53. The molecule has 1 aliphatic carbocycles. The summed E-state index contributed by atoms with van der Waals surface area (Å²) in [7, 11) is 1.90. The van der Waals surface area contributed by atoms with Crippen molar-refractivity contribution in [2.75, 3.05) is 18.1 Å². The maximum Gasteiger partial charge on any atom is 0.137 e. The zero-order valence-electron chi connectivity index (χ0n) is 10.9. The third kappa shape index (κ3) is 2.22. The van der Waals surface area contributed by atoms with Gasteiger partial charge in [-0.2, -0.15) is 5.10 Å². The summed E-state index contributed by atoms with van der Waals surface area (Å²) in [6.45, 7) is 2.63. The van der Waals surface area contributed by atoms with Gasteiger partial charge in [-0.25, -0.2) is 0 Å². The number of hydrogen-bond donors (Lipinski definition) is 2. The second-order valence-corrected chi connectivity index (χ2v) is 5.21. The summed E-state index contributed by atoms with van der Waals surface area (Å²) in [5, 5.41) is 13.7. The van der Waals surface area contributed by atoms with Crippen LogP contribution < -0.4 is 10.6 Å². The minimum atomic E-state index is 0.123. The van der Waals surface area contributed by atoms with Gasteiger partial charge in [0.1, 0.15) is 10.8 Å². The third-order valence-corrected chi connectivity index (χ3v) is 3.77. The Balaban J connectivity index is 2.42. The molecule has 5 nitrogen and oxygen atoms in total. The molecule has 0 bridgehead atoms. The van der Waals surface area contributed by atoms with Gasteiger partial charge < -0.3 is 15.7 Å². The van der Waals surface area contributed by atoms with Crippen molar-refractivity contribution in [3.05, 3.63) is 11.3 Å². The lowest BCUT2D eigenvalue weighted by molar-refractivity contribution is 0.282. The van der Waals surface area contributed by atoms with Crippen LogP contribution in [0.1, 0.15) is 30.5 Å². The van der Waals surface area contributed by atoms with Crippen LogP contribution in [0, 0.1) is 6.92 Å². The number of aliphatic hydroxyl groups is 1. The van der Waals surface area contributed by atoms with Gasteiger partial charge in [0.2, 0.25) is 0 Å². The molecular formula is C12H20N4OS.